The van der Waals surface area contributed by atoms with Gasteiger partial charge in [-0.3, -0.25) is 4.79 Å². The van der Waals surface area contributed by atoms with E-state index in [2.05, 4.69) is 10.2 Å². The van der Waals surface area contributed by atoms with Crippen LogP contribution in [0.1, 0.15) is 31.4 Å². The molecule has 0 aliphatic carbocycles. The van der Waals surface area contributed by atoms with Gasteiger partial charge >= 0.3 is 5.97 Å². The molecule has 1 aromatic heterocycles. The van der Waals surface area contributed by atoms with Crippen molar-refractivity contribution in [1.29, 1.82) is 0 Å². The molecule has 0 spiro atoms. The average molecular weight is 180 g/mol. The monoisotopic (exact) mass is 180 g/mol. The van der Waals surface area contributed by atoms with E-state index in [4.69, 9.17) is 5.11 Å². The third kappa shape index (κ3) is 2.50. The second kappa shape index (κ2) is 4.54. The third-order valence-electron chi connectivity index (χ3n) is 1.83. The van der Waals surface area contributed by atoms with Crippen molar-refractivity contribution in [3.05, 3.63) is 24.0 Å². The van der Waals surface area contributed by atoms with Crippen LogP contribution in [-0.4, -0.2) is 21.3 Å². The molecule has 1 unspecified atom stereocenters. The maximum absolute atomic E-state index is 10.8. The standard InChI is InChI=1S/C9H12N2O2/c1-2-4-7(9(12)13)8-5-3-6-10-11-8/h3,5-7H,2,4H2,1H3,(H,12,13). The summed E-state index contributed by atoms with van der Waals surface area (Å²) in [6.07, 6.45) is 2.97. The molecule has 0 aromatic carbocycles. The van der Waals surface area contributed by atoms with Crippen molar-refractivity contribution >= 4 is 5.97 Å². The number of aliphatic carboxylic acids is 1. The lowest BCUT2D eigenvalue weighted by Crippen LogP contribution is -2.13. The lowest BCUT2D eigenvalue weighted by Gasteiger charge is -2.08. The molecule has 1 aromatic rings. The molecule has 0 radical (unpaired) electrons. The van der Waals surface area contributed by atoms with Gasteiger partial charge in [0.1, 0.15) is 5.92 Å². The fraction of sp³-hybridized carbons (Fsp3) is 0.444. The van der Waals surface area contributed by atoms with Crippen LogP contribution in [-0.2, 0) is 4.79 Å². The Morgan fingerprint density at radius 2 is 2.46 bits per heavy atom. The minimum atomic E-state index is -0.831. The number of carboxylic acid groups (broad SMARTS) is 1. The molecule has 0 aliphatic heterocycles. The third-order valence-corrected chi connectivity index (χ3v) is 1.83. The van der Waals surface area contributed by atoms with Crippen molar-refractivity contribution in [2.24, 2.45) is 0 Å². The fourth-order valence-corrected chi connectivity index (χ4v) is 1.19. The molecular weight excluding hydrogens is 168 g/mol. The van der Waals surface area contributed by atoms with E-state index in [1.807, 2.05) is 6.92 Å². The van der Waals surface area contributed by atoms with Crippen LogP contribution in [0.2, 0.25) is 0 Å². The lowest BCUT2D eigenvalue weighted by molar-refractivity contribution is -0.139. The highest BCUT2D eigenvalue weighted by Gasteiger charge is 2.19. The van der Waals surface area contributed by atoms with Crippen LogP contribution >= 0.6 is 0 Å². The molecule has 1 heterocycles. The van der Waals surface area contributed by atoms with Crippen molar-refractivity contribution in [2.75, 3.05) is 0 Å². The summed E-state index contributed by atoms with van der Waals surface area (Å²) >= 11 is 0. The van der Waals surface area contributed by atoms with Gasteiger partial charge in [-0.05, 0) is 18.6 Å². The molecule has 4 heteroatoms. The van der Waals surface area contributed by atoms with E-state index in [9.17, 15) is 4.79 Å². The molecule has 0 saturated carbocycles. The van der Waals surface area contributed by atoms with Crippen molar-refractivity contribution in [1.82, 2.24) is 10.2 Å². The first kappa shape index (κ1) is 9.64. The van der Waals surface area contributed by atoms with Crippen molar-refractivity contribution in [3.63, 3.8) is 0 Å². The van der Waals surface area contributed by atoms with Gasteiger partial charge in [-0.1, -0.05) is 13.3 Å². The number of rotatable bonds is 4. The molecule has 70 valence electrons. The van der Waals surface area contributed by atoms with E-state index >= 15 is 0 Å². The molecule has 4 nitrogen and oxygen atoms in total. The Hall–Kier alpha value is -1.45. The Morgan fingerprint density at radius 1 is 1.69 bits per heavy atom. The van der Waals surface area contributed by atoms with Gasteiger partial charge in [0.2, 0.25) is 0 Å². The molecule has 0 fully saturated rings. The van der Waals surface area contributed by atoms with Gasteiger partial charge in [0, 0.05) is 6.20 Å². The first-order chi connectivity index (χ1) is 6.25. The molecule has 1 N–H and O–H groups in total. The summed E-state index contributed by atoms with van der Waals surface area (Å²) in [6.45, 7) is 1.95. The summed E-state index contributed by atoms with van der Waals surface area (Å²) in [4.78, 5) is 10.8. The van der Waals surface area contributed by atoms with E-state index < -0.39 is 11.9 Å². The van der Waals surface area contributed by atoms with Crippen LogP contribution in [0.25, 0.3) is 0 Å². The molecule has 0 saturated heterocycles. The summed E-state index contributed by atoms with van der Waals surface area (Å²) in [5.74, 6) is -1.35. The molecule has 13 heavy (non-hydrogen) atoms. The largest absolute Gasteiger partial charge is 0.481 e. The lowest BCUT2D eigenvalue weighted by atomic mass is 10.00. The normalized spacial score (nSPS) is 12.4. The zero-order valence-electron chi connectivity index (χ0n) is 7.47. The number of aromatic nitrogens is 2. The van der Waals surface area contributed by atoms with Crippen LogP contribution in [0.3, 0.4) is 0 Å². The first-order valence-electron chi connectivity index (χ1n) is 4.26. The maximum atomic E-state index is 10.8. The summed E-state index contributed by atoms with van der Waals surface area (Å²) in [5, 5.41) is 16.3. The second-order valence-electron chi connectivity index (χ2n) is 2.83. The second-order valence-corrected chi connectivity index (χ2v) is 2.83. The van der Waals surface area contributed by atoms with Gasteiger partial charge in [-0.15, -0.1) is 0 Å². The van der Waals surface area contributed by atoms with Gasteiger partial charge in [0.25, 0.3) is 0 Å². The summed E-state index contributed by atoms with van der Waals surface area (Å²) in [5.41, 5.74) is 0.539. The summed E-state index contributed by atoms with van der Waals surface area (Å²) in [6, 6.07) is 3.40. The highest BCUT2D eigenvalue weighted by atomic mass is 16.4. The molecular formula is C9H12N2O2. The van der Waals surface area contributed by atoms with Crippen LogP contribution < -0.4 is 0 Å². The predicted octanol–water partition coefficient (Wildman–Crippen LogP) is 1.44. The Balaban J connectivity index is 2.82. The number of nitrogens with zero attached hydrogens (tertiary/aromatic N) is 2. The number of carbonyl (C=O) groups is 1. The van der Waals surface area contributed by atoms with Gasteiger partial charge in [0.15, 0.2) is 0 Å². The van der Waals surface area contributed by atoms with Crippen molar-refractivity contribution in [2.45, 2.75) is 25.7 Å². The van der Waals surface area contributed by atoms with Crippen molar-refractivity contribution in [3.8, 4) is 0 Å². The van der Waals surface area contributed by atoms with E-state index in [-0.39, 0.29) is 0 Å². The minimum absolute atomic E-state index is 0.515. The maximum Gasteiger partial charge on any atom is 0.312 e. The molecule has 0 amide bonds. The smallest absolute Gasteiger partial charge is 0.312 e. The minimum Gasteiger partial charge on any atom is -0.481 e. The van der Waals surface area contributed by atoms with Gasteiger partial charge in [0.05, 0.1) is 5.69 Å². The highest BCUT2D eigenvalue weighted by Crippen LogP contribution is 2.18. The quantitative estimate of drug-likeness (QED) is 0.761. The summed E-state index contributed by atoms with van der Waals surface area (Å²) in [7, 11) is 0. The van der Waals surface area contributed by atoms with E-state index in [0.717, 1.165) is 6.42 Å². The Morgan fingerprint density at radius 3 is 2.92 bits per heavy atom. The molecule has 1 atom stereocenters. The Bertz CT molecular complexity index is 274. The van der Waals surface area contributed by atoms with Crippen LogP contribution in [0, 0.1) is 0 Å². The van der Waals surface area contributed by atoms with Gasteiger partial charge < -0.3 is 5.11 Å². The summed E-state index contributed by atoms with van der Waals surface area (Å²) < 4.78 is 0. The first-order valence-corrected chi connectivity index (χ1v) is 4.26. The fourth-order valence-electron chi connectivity index (χ4n) is 1.19. The van der Waals surface area contributed by atoms with Crippen LogP contribution in [0.5, 0.6) is 0 Å². The molecule has 0 aliphatic rings. The highest BCUT2D eigenvalue weighted by molar-refractivity contribution is 5.75. The SMILES string of the molecule is CCCC(C(=O)O)c1cccnn1. The van der Waals surface area contributed by atoms with Crippen molar-refractivity contribution < 1.29 is 9.90 Å². The van der Waals surface area contributed by atoms with Gasteiger partial charge in [-0.25, -0.2) is 0 Å². The predicted molar refractivity (Wildman–Crippen MR) is 47.3 cm³/mol. The zero-order valence-corrected chi connectivity index (χ0v) is 7.47. The van der Waals surface area contributed by atoms with Gasteiger partial charge in [-0.2, -0.15) is 10.2 Å². The van der Waals surface area contributed by atoms with E-state index in [0.29, 0.717) is 12.1 Å². The van der Waals surface area contributed by atoms with Crippen LogP contribution in [0.4, 0.5) is 0 Å². The molecule has 0 bridgehead atoms. The number of hydrogen-bond donors (Lipinski definition) is 1. The zero-order chi connectivity index (χ0) is 9.68. The topological polar surface area (TPSA) is 63.1 Å². The Kier molecular flexibility index (Phi) is 3.37. The Labute approximate surface area is 76.6 Å². The number of carboxylic acids is 1. The van der Waals surface area contributed by atoms with Crippen LogP contribution in [0.15, 0.2) is 18.3 Å². The average Bonchev–Trinajstić information content (AvgIpc) is 2.15. The van der Waals surface area contributed by atoms with E-state index in [1.54, 1.807) is 12.1 Å². The number of hydrogen-bond acceptors (Lipinski definition) is 3. The van der Waals surface area contributed by atoms with E-state index in [1.165, 1.54) is 6.20 Å². The molecule has 1 rings (SSSR count).